The molecule has 0 aliphatic rings. The van der Waals surface area contributed by atoms with E-state index in [1.54, 1.807) is 49.1 Å². The van der Waals surface area contributed by atoms with Gasteiger partial charge in [-0.25, -0.2) is 9.97 Å². The van der Waals surface area contributed by atoms with Gasteiger partial charge in [0.1, 0.15) is 5.82 Å². The Kier molecular flexibility index (Phi) is 5.38. The Labute approximate surface area is 170 Å². The Morgan fingerprint density at radius 3 is 2.17 bits per heavy atom. The van der Waals surface area contributed by atoms with Crippen molar-refractivity contribution in [3.05, 3.63) is 90.5 Å². The molecule has 0 bridgehead atoms. The van der Waals surface area contributed by atoms with Gasteiger partial charge in [0.2, 0.25) is 0 Å². The van der Waals surface area contributed by atoms with Crippen molar-refractivity contribution in [2.75, 3.05) is 5.32 Å². The molecule has 0 radical (unpaired) electrons. The second-order valence-corrected chi connectivity index (χ2v) is 6.49. The number of pyridine rings is 2. The summed E-state index contributed by atoms with van der Waals surface area (Å²) in [4.78, 5) is 17.0. The summed E-state index contributed by atoms with van der Waals surface area (Å²) in [5.41, 5.74) is 1.73. The van der Waals surface area contributed by atoms with Crippen LogP contribution >= 0.6 is 0 Å². The van der Waals surface area contributed by atoms with Gasteiger partial charge in [-0.1, -0.05) is 12.1 Å². The number of alkyl halides is 3. The predicted octanol–water partition coefficient (Wildman–Crippen LogP) is 5.23. The highest BCUT2D eigenvalue weighted by Crippen LogP contribution is 2.32. The molecule has 0 aliphatic heterocycles. The minimum Gasteiger partial charge on any atom is -0.366 e. The summed E-state index contributed by atoms with van der Waals surface area (Å²) < 4.78 is 39.5. The van der Waals surface area contributed by atoms with Gasteiger partial charge in [0.25, 0.3) is 0 Å². The van der Waals surface area contributed by atoms with Crippen molar-refractivity contribution in [1.29, 1.82) is 0 Å². The van der Waals surface area contributed by atoms with Gasteiger partial charge in [0, 0.05) is 48.5 Å². The molecule has 3 heterocycles. The van der Waals surface area contributed by atoms with Crippen LogP contribution in [0.15, 0.2) is 79.4 Å². The van der Waals surface area contributed by atoms with Crippen molar-refractivity contribution in [2.45, 2.75) is 12.7 Å². The van der Waals surface area contributed by atoms with Gasteiger partial charge in [-0.05, 0) is 42.0 Å². The lowest BCUT2D eigenvalue weighted by atomic mass is 10.1. The Bertz CT molecular complexity index is 1130. The molecule has 0 aliphatic carbocycles. The first kappa shape index (κ1) is 19.5. The van der Waals surface area contributed by atoms with Crippen molar-refractivity contribution in [2.24, 2.45) is 0 Å². The predicted molar refractivity (Wildman–Crippen MR) is 107 cm³/mol. The Hall–Kier alpha value is -3.81. The average Bonchev–Trinajstić information content (AvgIpc) is 2.78. The molecular weight excluding hydrogens is 391 g/mol. The maximum Gasteiger partial charge on any atom is 0.416 e. The fourth-order valence-electron chi connectivity index (χ4n) is 2.86. The van der Waals surface area contributed by atoms with Gasteiger partial charge >= 0.3 is 6.18 Å². The third-order valence-corrected chi connectivity index (χ3v) is 4.37. The number of rotatable bonds is 5. The Balaban J connectivity index is 1.74. The number of halogens is 3. The van der Waals surface area contributed by atoms with Gasteiger partial charge < -0.3 is 5.32 Å². The second kappa shape index (κ2) is 8.28. The Morgan fingerprint density at radius 1 is 0.767 bits per heavy atom. The topological polar surface area (TPSA) is 63.6 Å². The molecule has 0 fully saturated rings. The van der Waals surface area contributed by atoms with Crippen molar-refractivity contribution in [3.8, 4) is 22.6 Å². The van der Waals surface area contributed by atoms with Crippen LogP contribution in [-0.4, -0.2) is 19.9 Å². The number of nitrogens with zero attached hydrogens (tertiary/aromatic N) is 4. The van der Waals surface area contributed by atoms with Gasteiger partial charge in [-0.2, -0.15) is 13.2 Å². The van der Waals surface area contributed by atoms with Crippen LogP contribution in [-0.2, 0) is 12.7 Å². The summed E-state index contributed by atoms with van der Waals surface area (Å²) in [6.07, 6.45) is 2.17. The third kappa shape index (κ3) is 4.60. The van der Waals surface area contributed by atoms with Crippen LogP contribution in [0.1, 0.15) is 11.1 Å². The highest BCUT2D eigenvalue weighted by molar-refractivity contribution is 5.68. The maximum atomic E-state index is 13.2. The van der Waals surface area contributed by atoms with Gasteiger partial charge in [-0.3, -0.25) is 9.97 Å². The smallest absolute Gasteiger partial charge is 0.366 e. The number of hydrogen-bond acceptors (Lipinski definition) is 5. The van der Waals surface area contributed by atoms with Crippen LogP contribution < -0.4 is 5.32 Å². The molecule has 0 amide bonds. The molecule has 0 unspecified atom stereocenters. The zero-order valence-corrected chi connectivity index (χ0v) is 15.6. The number of benzene rings is 1. The number of nitrogens with one attached hydrogen (secondary N) is 1. The van der Waals surface area contributed by atoms with E-state index in [1.165, 1.54) is 6.07 Å². The van der Waals surface area contributed by atoms with E-state index >= 15 is 0 Å². The Morgan fingerprint density at radius 2 is 1.47 bits per heavy atom. The molecule has 0 atom stereocenters. The summed E-state index contributed by atoms with van der Waals surface area (Å²) in [7, 11) is 0. The van der Waals surface area contributed by atoms with E-state index in [0.717, 1.165) is 17.7 Å². The van der Waals surface area contributed by atoms with Gasteiger partial charge in [0.15, 0.2) is 5.82 Å². The molecule has 5 nitrogen and oxygen atoms in total. The summed E-state index contributed by atoms with van der Waals surface area (Å²) >= 11 is 0. The SMILES string of the molecule is FC(F)(F)c1cccc(-c2cc(NCc3ccncc3)nc(-c3ccncc3)n2)c1. The van der Waals surface area contributed by atoms with E-state index < -0.39 is 11.7 Å². The van der Waals surface area contributed by atoms with E-state index in [0.29, 0.717) is 35.0 Å². The molecule has 8 heteroatoms. The van der Waals surface area contributed by atoms with Crippen LogP contribution in [0.25, 0.3) is 22.6 Å². The fourth-order valence-corrected chi connectivity index (χ4v) is 2.86. The van der Waals surface area contributed by atoms with E-state index in [2.05, 4.69) is 25.3 Å². The van der Waals surface area contributed by atoms with E-state index in [1.807, 2.05) is 12.1 Å². The number of anilines is 1. The molecule has 3 aromatic heterocycles. The first-order chi connectivity index (χ1) is 14.5. The second-order valence-electron chi connectivity index (χ2n) is 6.49. The first-order valence-corrected chi connectivity index (χ1v) is 9.09. The highest BCUT2D eigenvalue weighted by Gasteiger charge is 2.30. The van der Waals surface area contributed by atoms with Crippen molar-refractivity contribution >= 4 is 5.82 Å². The normalized spacial score (nSPS) is 11.3. The fraction of sp³-hybridized carbons (Fsp3) is 0.0909. The molecule has 1 aromatic carbocycles. The van der Waals surface area contributed by atoms with E-state index in [4.69, 9.17) is 0 Å². The lowest BCUT2D eigenvalue weighted by Gasteiger charge is -2.12. The lowest BCUT2D eigenvalue weighted by Crippen LogP contribution is -2.06. The monoisotopic (exact) mass is 407 g/mol. The number of hydrogen-bond donors (Lipinski definition) is 1. The summed E-state index contributed by atoms with van der Waals surface area (Å²) in [5, 5.41) is 3.21. The molecular formula is C22H16F3N5. The van der Waals surface area contributed by atoms with Crippen molar-refractivity contribution < 1.29 is 13.2 Å². The van der Waals surface area contributed by atoms with Crippen LogP contribution in [0, 0.1) is 0 Å². The minimum absolute atomic E-state index is 0.356. The van der Waals surface area contributed by atoms with Crippen LogP contribution in [0.3, 0.4) is 0 Å². The molecule has 1 N–H and O–H groups in total. The molecule has 30 heavy (non-hydrogen) atoms. The van der Waals surface area contributed by atoms with Gasteiger partial charge in [-0.15, -0.1) is 0 Å². The molecule has 4 rings (SSSR count). The summed E-state index contributed by atoms with van der Waals surface area (Å²) in [6, 6.07) is 14.0. The van der Waals surface area contributed by atoms with Crippen LogP contribution in [0.2, 0.25) is 0 Å². The standard InChI is InChI=1S/C22H16F3N5/c23-22(24,25)18-3-1-2-17(12-18)19-13-20(28-14-15-4-8-26-9-5-15)30-21(29-19)16-6-10-27-11-7-16/h1-13H,14H2,(H,28,29,30). The molecule has 0 saturated carbocycles. The zero-order chi connectivity index (χ0) is 21.0. The number of aromatic nitrogens is 4. The van der Waals surface area contributed by atoms with Crippen LogP contribution in [0.4, 0.5) is 19.0 Å². The average molecular weight is 407 g/mol. The van der Waals surface area contributed by atoms with Gasteiger partial charge in [0.05, 0.1) is 11.3 Å². The van der Waals surface area contributed by atoms with E-state index in [9.17, 15) is 13.2 Å². The third-order valence-electron chi connectivity index (χ3n) is 4.37. The lowest BCUT2D eigenvalue weighted by molar-refractivity contribution is -0.137. The molecule has 0 saturated heterocycles. The van der Waals surface area contributed by atoms with Crippen LogP contribution in [0.5, 0.6) is 0 Å². The van der Waals surface area contributed by atoms with E-state index in [-0.39, 0.29) is 0 Å². The first-order valence-electron chi connectivity index (χ1n) is 9.09. The minimum atomic E-state index is -4.43. The summed E-state index contributed by atoms with van der Waals surface area (Å²) in [5.74, 6) is 0.894. The largest absolute Gasteiger partial charge is 0.416 e. The molecule has 4 aromatic rings. The van der Waals surface area contributed by atoms with Crippen molar-refractivity contribution in [1.82, 2.24) is 19.9 Å². The maximum absolute atomic E-state index is 13.2. The summed E-state index contributed by atoms with van der Waals surface area (Å²) in [6.45, 7) is 0.483. The highest BCUT2D eigenvalue weighted by atomic mass is 19.4. The molecule has 150 valence electrons. The zero-order valence-electron chi connectivity index (χ0n) is 15.6. The molecule has 0 spiro atoms. The quantitative estimate of drug-likeness (QED) is 0.491. The van der Waals surface area contributed by atoms with Crippen molar-refractivity contribution in [3.63, 3.8) is 0 Å².